The summed E-state index contributed by atoms with van der Waals surface area (Å²) in [6, 6.07) is 0.641. The second-order valence-electron chi connectivity index (χ2n) is 5.53. The minimum atomic E-state index is -0.407. The average molecular weight is 270 g/mol. The topological polar surface area (TPSA) is 64.8 Å². The van der Waals surface area contributed by atoms with E-state index >= 15 is 0 Å². The highest BCUT2D eigenvalue weighted by atomic mass is 16.6. The summed E-state index contributed by atoms with van der Waals surface area (Å²) in [7, 11) is 0. The van der Waals surface area contributed by atoms with E-state index in [0.29, 0.717) is 31.9 Å². The zero-order valence-electron chi connectivity index (χ0n) is 11.8. The summed E-state index contributed by atoms with van der Waals surface area (Å²) >= 11 is 0. The van der Waals surface area contributed by atoms with Gasteiger partial charge in [-0.05, 0) is 32.1 Å². The van der Waals surface area contributed by atoms with Crippen LogP contribution < -0.4 is 5.73 Å². The normalized spacial score (nSPS) is 32.0. The van der Waals surface area contributed by atoms with Crippen LogP contribution in [0.3, 0.4) is 0 Å². The molecular formula is C14H26N2O3. The minimum absolute atomic E-state index is 0.0991. The minimum Gasteiger partial charge on any atom is -0.376 e. The van der Waals surface area contributed by atoms with Gasteiger partial charge in [0.1, 0.15) is 0 Å². The van der Waals surface area contributed by atoms with Crippen LogP contribution in [0, 0.1) is 0 Å². The van der Waals surface area contributed by atoms with Crippen molar-refractivity contribution >= 4 is 5.91 Å². The van der Waals surface area contributed by atoms with E-state index in [4.69, 9.17) is 15.2 Å². The summed E-state index contributed by atoms with van der Waals surface area (Å²) < 4.78 is 10.9. The van der Waals surface area contributed by atoms with Crippen LogP contribution in [0.1, 0.15) is 39.0 Å². The van der Waals surface area contributed by atoms with E-state index in [-0.39, 0.29) is 5.91 Å². The third kappa shape index (κ3) is 3.91. The number of hydrogen-bond acceptors (Lipinski definition) is 4. The van der Waals surface area contributed by atoms with Crippen molar-refractivity contribution in [2.24, 2.45) is 5.73 Å². The van der Waals surface area contributed by atoms with Crippen LogP contribution in [0.5, 0.6) is 0 Å². The lowest BCUT2D eigenvalue weighted by Gasteiger charge is -2.38. The summed E-state index contributed by atoms with van der Waals surface area (Å²) in [5.74, 6) is 0.0991. The van der Waals surface area contributed by atoms with E-state index in [2.05, 4.69) is 6.92 Å². The predicted octanol–water partition coefficient (Wildman–Crippen LogP) is 0.910. The van der Waals surface area contributed by atoms with Gasteiger partial charge in [-0.1, -0.05) is 6.92 Å². The van der Waals surface area contributed by atoms with E-state index in [9.17, 15) is 4.79 Å². The fourth-order valence-electron chi connectivity index (χ4n) is 2.94. The summed E-state index contributed by atoms with van der Waals surface area (Å²) in [6.07, 6.45) is 4.62. The standard InChI is InChI=1S/C14H26N2O3/c1-2-7-16(12-5-3-11(15)4-6-12)14(17)13-10-18-8-9-19-13/h11-13H,2-10,15H2,1H3. The molecule has 2 N–H and O–H groups in total. The Kier molecular flexibility index (Phi) is 5.60. The molecule has 1 amide bonds. The Bertz CT molecular complexity index is 284. The smallest absolute Gasteiger partial charge is 0.254 e. The number of carbonyl (C=O) groups is 1. The van der Waals surface area contributed by atoms with Gasteiger partial charge in [-0.25, -0.2) is 0 Å². The van der Waals surface area contributed by atoms with Gasteiger partial charge in [-0.3, -0.25) is 4.79 Å². The fraction of sp³-hybridized carbons (Fsp3) is 0.929. The Morgan fingerprint density at radius 1 is 1.26 bits per heavy atom. The molecule has 1 aliphatic carbocycles. The maximum atomic E-state index is 12.6. The van der Waals surface area contributed by atoms with Crippen LogP contribution >= 0.6 is 0 Å². The first-order valence-corrected chi connectivity index (χ1v) is 7.47. The van der Waals surface area contributed by atoms with Gasteiger partial charge in [0.15, 0.2) is 6.10 Å². The molecule has 0 radical (unpaired) electrons. The molecule has 0 spiro atoms. The van der Waals surface area contributed by atoms with Crippen LogP contribution in [-0.4, -0.2) is 55.4 Å². The number of ether oxygens (including phenoxy) is 2. The highest BCUT2D eigenvalue weighted by Gasteiger charge is 2.32. The Morgan fingerprint density at radius 3 is 2.58 bits per heavy atom. The second-order valence-corrected chi connectivity index (χ2v) is 5.53. The third-order valence-corrected chi connectivity index (χ3v) is 4.02. The summed E-state index contributed by atoms with van der Waals surface area (Å²) in [5.41, 5.74) is 5.94. The van der Waals surface area contributed by atoms with Crippen molar-refractivity contribution in [1.29, 1.82) is 0 Å². The van der Waals surface area contributed by atoms with E-state index in [1.807, 2.05) is 4.90 Å². The molecule has 2 fully saturated rings. The molecule has 0 aromatic rings. The highest BCUT2D eigenvalue weighted by Crippen LogP contribution is 2.23. The average Bonchev–Trinajstić information content (AvgIpc) is 2.46. The zero-order valence-corrected chi connectivity index (χ0v) is 11.8. The molecule has 1 unspecified atom stereocenters. The molecule has 2 rings (SSSR count). The SMILES string of the molecule is CCCN(C(=O)C1COCCO1)C1CCC(N)CC1. The van der Waals surface area contributed by atoms with Crippen LogP contribution in [0.25, 0.3) is 0 Å². The van der Waals surface area contributed by atoms with Crippen molar-refractivity contribution in [3.8, 4) is 0 Å². The molecular weight excluding hydrogens is 244 g/mol. The van der Waals surface area contributed by atoms with Crippen LogP contribution in [-0.2, 0) is 14.3 Å². The molecule has 1 atom stereocenters. The third-order valence-electron chi connectivity index (χ3n) is 4.02. The lowest BCUT2D eigenvalue weighted by atomic mass is 9.90. The van der Waals surface area contributed by atoms with E-state index in [0.717, 1.165) is 38.6 Å². The maximum Gasteiger partial charge on any atom is 0.254 e. The molecule has 2 aliphatic rings. The highest BCUT2D eigenvalue weighted by molar-refractivity contribution is 5.81. The van der Waals surface area contributed by atoms with Crippen LogP contribution in [0.2, 0.25) is 0 Å². The van der Waals surface area contributed by atoms with Gasteiger partial charge < -0.3 is 20.1 Å². The Morgan fingerprint density at radius 2 is 2.00 bits per heavy atom. The molecule has 0 bridgehead atoms. The summed E-state index contributed by atoms with van der Waals surface area (Å²) in [4.78, 5) is 14.6. The fourth-order valence-corrected chi connectivity index (χ4v) is 2.94. The molecule has 110 valence electrons. The first-order chi connectivity index (χ1) is 9.22. The number of carbonyl (C=O) groups excluding carboxylic acids is 1. The monoisotopic (exact) mass is 270 g/mol. The molecule has 0 aromatic heterocycles. The molecule has 1 heterocycles. The second kappa shape index (κ2) is 7.22. The molecule has 1 aliphatic heterocycles. The molecule has 0 aromatic carbocycles. The van der Waals surface area contributed by atoms with Crippen molar-refractivity contribution in [3.05, 3.63) is 0 Å². The van der Waals surface area contributed by atoms with Crippen molar-refractivity contribution in [2.45, 2.75) is 57.2 Å². The zero-order chi connectivity index (χ0) is 13.7. The van der Waals surface area contributed by atoms with Crippen LogP contribution in [0.15, 0.2) is 0 Å². The first kappa shape index (κ1) is 14.8. The number of hydrogen-bond donors (Lipinski definition) is 1. The number of amides is 1. The number of nitrogens with zero attached hydrogens (tertiary/aromatic N) is 1. The van der Waals surface area contributed by atoms with Crippen molar-refractivity contribution in [2.75, 3.05) is 26.4 Å². The Hall–Kier alpha value is -0.650. The lowest BCUT2D eigenvalue weighted by molar-refractivity contribution is -0.161. The molecule has 5 nitrogen and oxygen atoms in total. The van der Waals surface area contributed by atoms with Gasteiger partial charge >= 0.3 is 0 Å². The van der Waals surface area contributed by atoms with Crippen molar-refractivity contribution in [1.82, 2.24) is 4.90 Å². The van der Waals surface area contributed by atoms with Gasteiger partial charge in [-0.15, -0.1) is 0 Å². The van der Waals surface area contributed by atoms with Crippen LogP contribution in [0.4, 0.5) is 0 Å². The quantitative estimate of drug-likeness (QED) is 0.824. The summed E-state index contributed by atoms with van der Waals surface area (Å²) in [5, 5.41) is 0. The maximum absolute atomic E-state index is 12.6. The largest absolute Gasteiger partial charge is 0.376 e. The van der Waals surface area contributed by atoms with Gasteiger partial charge in [0.2, 0.25) is 0 Å². The van der Waals surface area contributed by atoms with E-state index in [1.165, 1.54) is 0 Å². The van der Waals surface area contributed by atoms with Gasteiger partial charge in [0.05, 0.1) is 19.8 Å². The predicted molar refractivity (Wildman–Crippen MR) is 72.8 cm³/mol. The Labute approximate surface area is 115 Å². The van der Waals surface area contributed by atoms with Crippen molar-refractivity contribution < 1.29 is 14.3 Å². The van der Waals surface area contributed by atoms with Gasteiger partial charge in [0.25, 0.3) is 5.91 Å². The van der Waals surface area contributed by atoms with E-state index < -0.39 is 6.10 Å². The number of rotatable bonds is 4. The first-order valence-electron chi connectivity index (χ1n) is 7.47. The molecule has 5 heteroatoms. The number of nitrogens with two attached hydrogens (primary N) is 1. The molecule has 19 heavy (non-hydrogen) atoms. The van der Waals surface area contributed by atoms with Gasteiger partial charge in [-0.2, -0.15) is 0 Å². The lowest BCUT2D eigenvalue weighted by Crippen LogP contribution is -2.51. The molecule has 1 saturated heterocycles. The summed E-state index contributed by atoms with van der Waals surface area (Å²) in [6.45, 7) is 4.42. The van der Waals surface area contributed by atoms with Crippen molar-refractivity contribution in [3.63, 3.8) is 0 Å². The molecule has 1 saturated carbocycles. The van der Waals surface area contributed by atoms with Gasteiger partial charge in [0, 0.05) is 18.6 Å². The Balaban J connectivity index is 1.95. The van der Waals surface area contributed by atoms with E-state index in [1.54, 1.807) is 0 Å².